The van der Waals surface area contributed by atoms with Crippen LogP contribution in [-0.4, -0.2) is 19.2 Å². The summed E-state index contributed by atoms with van der Waals surface area (Å²) in [5.74, 6) is 2.54. The number of nitrogens with zero attached hydrogens (tertiary/aromatic N) is 1. The fourth-order valence-corrected chi connectivity index (χ4v) is 1.94. The molecule has 0 bridgehead atoms. The number of ether oxygens (including phenoxy) is 2. The second-order valence-electron chi connectivity index (χ2n) is 4.17. The lowest BCUT2D eigenvalue weighted by Gasteiger charge is -2.10. The van der Waals surface area contributed by atoms with Gasteiger partial charge in [0.2, 0.25) is 5.89 Å². The van der Waals surface area contributed by atoms with Crippen molar-refractivity contribution in [1.82, 2.24) is 4.98 Å². The molecule has 102 valence electrons. The van der Waals surface area contributed by atoms with Crippen LogP contribution in [0.5, 0.6) is 11.5 Å². The zero-order chi connectivity index (χ0) is 14.0. The quantitative estimate of drug-likeness (QED) is 0.858. The molecule has 0 radical (unpaired) electrons. The number of aryl methyl sites for hydroxylation is 2. The molecule has 1 aromatic carbocycles. The Hall–Kier alpha value is -2.17. The van der Waals surface area contributed by atoms with Gasteiger partial charge >= 0.3 is 0 Å². The molecular weight excluding hydrogens is 244 g/mol. The molecule has 2 rings (SSSR count). The van der Waals surface area contributed by atoms with Crippen molar-refractivity contribution in [2.45, 2.75) is 20.3 Å². The summed E-state index contributed by atoms with van der Waals surface area (Å²) in [7, 11) is 3.15. The number of anilines is 1. The normalized spacial score (nSPS) is 10.5. The van der Waals surface area contributed by atoms with Gasteiger partial charge in [0, 0.05) is 12.5 Å². The third-order valence-corrected chi connectivity index (χ3v) is 3.02. The number of oxazole rings is 1. The van der Waals surface area contributed by atoms with Crippen LogP contribution in [0.25, 0.3) is 11.5 Å². The summed E-state index contributed by atoms with van der Waals surface area (Å²) in [5, 5.41) is 0. The summed E-state index contributed by atoms with van der Waals surface area (Å²) in [6.07, 6.45) is 0.792. The second kappa shape index (κ2) is 5.22. The average Bonchev–Trinajstić information content (AvgIpc) is 2.80. The standard InChI is InChI=1S/C14H18N2O3/c1-5-11-8(2)16-14(19-11)10-6-9(17-3)7-12(18-4)13(10)15/h6-7H,5,15H2,1-4H3. The minimum Gasteiger partial charge on any atom is -0.497 e. The zero-order valence-corrected chi connectivity index (χ0v) is 11.6. The lowest BCUT2D eigenvalue weighted by Crippen LogP contribution is -1.97. The van der Waals surface area contributed by atoms with Crippen LogP contribution in [0.1, 0.15) is 18.4 Å². The first-order valence-electron chi connectivity index (χ1n) is 6.08. The van der Waals surface area contributed by atoms with E-state index in [9.17, 15) is 0 Å². The van der Waals surface area contributed by atoms with Crippen molar-refractivity contribution in [3.63, 3.8) is 0 Å². The van der Waals surface area contributed by atoms with Crippen molar-refractivity contribution in [3.8, 4) is 23.0 Å². The van der Waals surface area contributed by atoms with Crippen LogP contribution < -0.4 is 15.2 Å². The number of hydrogen-bond acceptors (Lipinski definition) is 5. The molecule has 2 aromatic rings. The van der Waals surface area contributed by atoms with Crippen molar-refractivity contribution in [1.29, 1.82) is 0 Å². The highest BCUT2D eigenvalue weighted by molar-refractivity contribution is 5.78. The van der Waals surface area contributed by atoms with Gasteiger partial charge in [-0.25, -0.2) is 4.98 Å². The van der Waals surface area contributed by atoms with Crippen molar-refractivity contribution in [3.05, 3.63) is 23.6 Å². The lowest BCUT2D eigenvalue weighted by atomic mass is 10.1. The van der Waals surface area contributed by atoms with Gasteiger partial charge in [-0.2, -0.15) is 0 Å². The highest BCUT2D eigenvalue weighted by Crippen LogP contribution is 2.37. The van der Waals surface area contributed by atoms with E-state index in [1.165, 1.54) is 0 Å². The molecule has 0 fully saturated rings. The fraction of sp³-hybridized carbons (Fsp3) is 0.357. The monoisotopic (exact) mass is 262 g/mol. The van der Waals surface area contributed by atoms with Crippen LogP contribution >= 0.6 is 0 Å². The Morgan fingerprint density at radius 3 is 2.53 bits per heavy atom. The van der Waals surface area contributed by atoms with Gasteiger partial charge in [0.25, 0.3) is 0 Å². The van der Waals surface area contributed by atoms with Crippen LogP contribution in [0.2, 0.25) is 0 Å². The van der Waals surface area contributed by atoms with Gasteiger partial charge < -0.3 is 19.6 Å². The van der Waals surface area contributed by atoms with E-state index in [1.54, 1.807) is 26.4 Å². The molecule has 19 heavy (non-hydrogen) atoms. The van der Waals surface area contributed by atoms with Crippen molar-refractivity contribution < 1.29 is 13.9 Å². The Morgan fingerprint density at radius 1 is 1.26 bits per heavy atom. The number of hydrogen-bond donors (Lipinski definition) is 1. The molecule has 1 aromatic heterocycles. The molecule has 2 N–H and O–H groups in total. The van der Waals surface area contributed by atoms with Gasteiger partial charge in [-0.1, -0.05) is 6.92 Å². The average molecular weight is 262 g/mol. The molecule has 5 heteroatoms. The predicted octanol–water partition coefficient (Wildman–Crippen LogP) is 2.81. The van der Waals surface area contributed by atoms with Gasteiger partial charge in [0.05, 0.1) is 31.2 Å². The third kappa shape index (κ3) is 2.36. The zero-order valence-electron chi connectivity index (χ0n) is 11.6. The Labute approximate surface area is 112 Å². The number of benzene rings is 1. The summed E-state index contributed by atoms with van der Waals surface area (Å²) in [4.78, 5) is 4.41. The second-order valence-corrected chi connectivity index (χ2v) is 4.17. The Morgan fingerprint density at radius 2 is 2.00 bits per heavy atom. The van der Waals surface area contributed by atoms with Gasteiger partial charge in [0.15, 0.2) is 0 Å². The Bertz CT molecular complexity index is 591. The minimum atomic E-state index is 0.490. The summed E-state index contributed by atoms with van der Waals surface area (Å²) >= 11 is 0. The number of aromatic nitrogens is 1. The lowest BCUT2D eigenvalue weighted by molar-refractivity contribution is 0.395. The summed E-state index contributed by atoms with van der Waals surface area (Å²) < 4.78 is 16.2. The van der Waals surface area contributed by atoms with Crippen LogP contribution in [0.3, 0.4) is 0 Å². The van der Waals surface area contributed by atoms with E-state index in [0.717, 1.165) is 17.9 Å². The SMILES string of the molecule is CCc1oc(-c2cc(OC)cc(OC)c2N)nc1C. The highest BCUT2D eigenvalue weighted by atomic mass is 16.5. The molecule has 0 aliphatic heterocycles. The smallest absolute Gasteiger partial charge is 0.228 e. The van der Waals surface area contributed by atoms with Gasteiger partial charge in [-0.3, -0.25) is 0 Å². The molecule has 0 aliphatic rings. The van der Waals surface area contributed by atoms with E-state index in [0.29, 0.717) is 28.6 Å². The molecule has 5 nitrogen and oxygen atoms in total. The van der Waals surface area contributed by atoms with Crippen molar-refractivity contribution in [2.75, 3.05) is 20.0 Å². The van der Waals surface area contributed by atoms with E-state index in [-0.39, 0.29) is 0 Å². The molecule has 0 spiro atoms. The summed E-state index contributed by atoms with van der Waals surface area (Å²) in [5.41, 5.74) is 8.12. The first-order valence-corrected chi connectivity index (χ1v) is 6.08. The van der Waals surface area contributed by atoms with Crippen LogP contribution in [0, 0.1) is 6.92 Å². The summed E-state index contributed by atoms with van der Waals surface area (Å²) in [6.45, 7) is 3.94. The predicted molar refractivity (Wildman–Crippen MR) is 73.6 cm³/mol. The fourth-order valence-electron chi connectivity index (χ4n) is 1.94. The van der Waals surface area contributed by atoms with E-state index in [1.807, 2.05) is 13.8 Å². The van der Waals surface area contributed by atoms with Crippen molar-refractivity contribution >= 4 is 5.69 Å². The van der Waals surface area contributed by atoms with E-state index in [4.69, 9.17) is 19.6 Å². The van der Waals surface area contributed by atoms with Gasteiger partial charge in [-0.05, 0) is 13.0 Å². The van der Waals surface area contributed by atoms with E-state index < -0.39 is 0 Å². The van der Waals surface area contributed by atoms with Crippen LogP contribution in [0.4, 0.5) is 5.69 Å². The van der Waals surface area contributed by atoms with Crippen LogP contribution in [-0.2, 0) is 6.42 Å². The number of methoxy groups -OCH3 is 2. The minimum absolute atomic E-state index is 0.490. The first kappa shape index (κ1) is 13.3. The van der Waals surface area contributed by atoms with E-state index >= 15 is 0 Å². The first-order chi connectivity index (χ1) is 9.10. The molecule has 0 amide bonds. The largest absolute Gasteiger partial charge is 0.497 e. The molecule has 0 saturated carbocycles. The number of nitrogen functional groups attached to an aromatic ring is 1. The molecule has 0 aliphatic carbocycles. The Balaban J connectivity index is 2.59. The summed E-state index contributed by atoms with van der Waals surface area (Å²) in [6, 6.07) is 3.53. The van der Waals surface area contributed by atoms with E-state index in [2.05, 4.69) is 4.98 Å². The maximum absolute atomic E-state index is 6.07. The Kier molecular flexibility index (Phi) is 3.64. The van der Waals surface area contributed by atoms with Crippen LogP contribution in [0.15, 0.2) is 16.5 Å². The van der Waals surface area contributed by atoms with Crippen molar-refractivity contribution in [2.24, 2.45) is 0 Å². The highest BCUT2D eigenvalue weighted by Gasteiger charge is 2.17. The number of rotatable bonds is 4. The maximum Gasteiger partial charge on any atom is 0.228 e. The molecule has 0 unspecified atom stereocenters. The molecular formula is C14H18N2O3. The third-order valence-electron chi connectivity index (χ3n) is 3.02. The molecule has 0 saturated heterocycles. The topological polar surface area (TPSA) is 70.5 Å². The molecule has 1 heterocycles. The number of nitrogens with two attached hydrogens (primary N) is 1. The van der Waals surface area contributed by atoms with Gasteiger partial charge in [0.1, 0.15) is 17.3 Å². The molecule has 0 atom stereocenters. The van der Waals surface area contributed by atoms with Gasteiger partial charge in [-0.15, -0.1) is 0 Å². The maximum atomic E-state index is 6.07.